The molecule has 0 aromatic heterocycles. The Morgan fingerprint density at radius 3 is 2.55 bits per heavy atom. The van der Waals surface area contributed by atoms with Crippen molar-refractivity contribution in [2.24, 2.45) is 5.73 Å². The summed E-state index contributed by atoms with van der Waals surface area (Å²) in [7, 11) is 0. The van der Waals surface area contributed by atoms with Crippen LogP contribution in [0.3, 0.4) is 0 Å². The topological polar surface area (TPSA) is 43.1 Å². The first-order valence-corrected chi connectivity index (χ1v) is 4.61. The highest BCUT2D eigenvalue weighted by Crippen LogP contribution is 2.03. The molecule has 11 heavy (non-hydrogen) atoms. The molecule has 0 aromatic rings. The van der Waals surface area contributed by atoms with Gasteiger partial charge in [-0.2, -0.15) is 0 Å². The van der Waals surface area contributed by atoms with Crippen molar-refractivity contribution >= 4 is 29.0 Å². The summed E-state index contributed by atoms with van der Waals surface area (Å²) in [6, 6.07) is 0. The van der Waals surface area contributed by atoms with Crippen molar-refractivity contribution in [2.75, 3.05) is 5.88 Å². The van der Waals surface area contributed by atoms with Crippen molar-refractivity contribution in [1.29, 1.82) is 0 Å². The van der Waals surface area contributed by atoms with Gasteiger partial charge in [0.2, 0.25) is 0 Å². The van der Waals surface area contributed by atoms with E-state index < -0.39 is 5.50 Å². The van der Waals surface area contributed by atoms with Crippen LogP contribution in [0.15, 0.2) is 0 Å². The van der Waals surface area contributed by atoms with Gasteiger partial charge in [0.1, 0.15) is 5.78 Å². The zero-order chi connectivity index (χ0) is 8.69. The summed E-state index contributed by atoms with van der Waals surface area (Å²) in [5.74, 6) is 0.736. The molecule has 1 unspecified atom stereocenters. The summed E-state index contributed by atoms with van der Waals surface area (Å²) in [5.41, 5.74) is 4.86. The molecule has 0 bridgehead atoms. The molecule has 66 valence electrons. The fourth-order valence-electron chi connectivity index (χ4n) is 0.688. The van der Waals surface area contributed by atoms with Crippen molar-refractivity contribution in [1.82, 2.24) is 0 Å². The Hall–Kier alpha value is 0.210. The van der Waals surface area contributed by atoms with E-state index in [1.807, 2.05) is 0 Å². The Kier molecular flexibility index (Phi) is 7.02. The molecule has 0 saturated carbocycles. The van der Waals surface area contributed by atoms with Gasteiger partial charge in [0.15, 0.2) is 0 Å². The maximum atomic E-state index is 10.9. The maximum absolute atomic E-state index is 10.9. The first kappa shape index (κ1) is 11.2. The van der Waals surface area contributed by atoms with Crippen molar-refractivity contribution in [3.8, 4) is 0 Å². The highest BCUT2D eigenvalue weighted by atomic mass is 35.5. The van der Waals surface area contributed by atoms with Crippen LogP contribution in [0.1, 0.15) is 25.7 Å². The average molecular weight is 198 g/mol. The Labute approximate surface area is 77.0 Å². The fourth-order valence-corrected chi connectivity index (χ4v) is 0.931. The number of alkyl halides is 2. The minimum absolute atomic E-state index is 0.196. The lowest BCUT2D eigenvalue weighted by molar-refractivity contribution is -0.119. The second-order valence-electron chi connectivity index (χ2n) is 2.39. The van der Waals surface area contributed by atoms with Crippen molar-refractivity contribution in [3.63, 3.8) is 0 Å². The lowest BCUT2D eigenvalue weighted by Gasteiger charge is -2.00. The third-order valence-electron chi connectivity index (χ3n) is 1.29. The minimum Gasteiger partial charge on any atom is -0.315 e. The number of hydrogen-bond acceptors (Lipinski definition) is 2. The van der Waals surface area contributed by atoms with Gasteiger partial charge < -0.3 is 5.73 Å². The van der Waals surface area contributed by atoms with Crippen LogP contribution < -0.4 is 5.73 Å². The van der Waals surface area contributed by atoms with Gasteiger partial charge in [0.25, 0.3) is 0 Å². The van der Waals surface area contributed by atoms with Crippen LogP contribution in [0, 0.1) is 0 Å². The molecule has 0 aliphatic rings. The number of ketones is 1. The second-order valence-corrected chi connectivity index (χ2v) is 3.32. The van der Waals surface area contributed by atoms with E-state index in [0.29, 0.717) is 25.1 Å². The number of rotatable bonds is 6. The van der Waals surface area contributed by atoms with E-state index in [1.54, 1.807) is 0 Å². The van der Waals surface area contributed by atoms with Gasteiger partial charge in [-0.3, -0.25) is 4.79 Å². The van der Waals surface area contributed by atoms with Crippen molar-refractivity contribution in [2.45, 2.75) is 31.2 Å². The largest absolute Gasteiger partial charge is 0.315 e. The summed E-state index contributed by atoms with van der Waals surface area (Å²) >= 11 is 10.9. The van der Waals surface area contributed by atoms with Crippen LogP contribution in [0.25, 0.3) is 0 Å². The fraction of sp³-hybridized carbons (Fsp3) is 0.857. The third-order valence-corrected chi connectivity index (χ3v) is 1.77. The molecular weight excluding hydrogens is 185 g/mol. The molecule has 0 rings (SSSR count). The number of nitrogens with two attached hydrogens (primary N) is 1. The summed E-state index contributed by atoms with van der Waals surface area (Å²) < 4.78 is 0. The van der Waals surface area contributed by atoms with Crippen LogP contribution in [0.4, 0.5) is 0 Å². The van der Waals surface area contributed by atoms with Crippen LogP contribution in [0.5, 0.6) is 0 Å². The van der Waals surface area contributed by atoms with Gasteiger partial charge in [-0.15, -0.1) is 23.2 Å². The van der Waals surface area contributed by atoms with Crippen molar-refractivity contribution < 1.29 is 4.79 Å². The Bertz CT molecular complexity index is 117. The Morgan fingerprint density at radius 1 is 1.45 bits per heavy atom. The zero-order valence-electron chi connectivity index (χ0n) is 6.35. The summed E-state index contributed by atoms with van der Waals surface area (Å²) in [6.45, 7) is 0. The maximum Gasteiger partial charge on any atom is 0.133 e. The number of carbonyl (C=O) groups is 1. The molecule has 0 spiro atoms. The van der Waals surface area contributed by atoms with Crippen LogP contribution >= 0.6 is 23.2 Å². The lowest BCUT2D eigenvalue weighted by atomic mass is 10.1. The SMILES string of the molecule is NC(Cl)CCC(=O)CCCCl. The molecule has 2 nitrogen and oxygen atoms in total. The highest BCUT2D eigenvalue weighted by molar-refractivity contribution is 6.20. The quantitative estimate of drug-likeness (QED) is 0.523. The van der Waals surface area contributed by atoms with Crippen LogP contribution in [0.2, 0.25) is 0 Å². The van der Waals surface area contributed by atoms with Gasteiger partial charge in [0.05, 0.1) is 5.50 Å². The van der Waals surface area contributed by atoms with E-state index in [9.17, 15) is 4.79 Å². The minimum atomic E-state index is -0.394. The Morgan fingerprint density at radius 2 is 2.09 bits per heavy atom. The molecule has 0 fully saturated rings. The highest BCUT2D eigenvalue weighted by Gasteiger charge is 2.03. The molecule has 2 N–H and O–H groups in total. The molecule has 0 aliphatic carbocycles. The molecule has 0 amide bonds. The van der Waals surface area contributed by atoms with Gasteiger partial charge in [-0.05, 0) is 12.8 Å². The monoisotopic (exact) mass is 197 g/mol. The van der Waals surface area contributed by atoms with E-state index in [0.717, 1.165) is 6.42 Å². The lowest BCUT2D eigenvalue weighted by Crippen LogP contribution is -2.13. The predicted octanol–water partition coefficient (Wildman–Crippen LogP) is 1.88. The standard InChI is InChI=1S/C7H13Cl2NO/c8-5-1-2-6(11)3-4-7(9)10/h7H,1-5,10H2. The number of hydrogen-bond donors (Lipinski definition) is 1. The van der Waals surface area contributed by atoms with E-state index >= 15 is 0 Å². The first-order valence-electron chi connectivity index (χ1n) is 3.64. The van der Waals surface area contributed by atoms with E-state index in [4.69, 9.17) is 28.9 Å². The van der Waals surface area contributed by atoms with Crippen molar-refractivity contribution in [3.05, 3.63) is 0 Å². The second kappa shape index (κ2) is 6.89. The number of halogens is 2. The van der Waals surface area contributed by atoms with E-state index in [-0.39, 0.29) is 5.78 Å². The van der Waals surface area contributed by atoms with E-state index in [1.165, 1.54) is 0 Å². The molecule has 0 aromatic carbocycles. The normalized spacial score (nSPS) is 13.0. The number of carbonyl (C=O) groups excluding carboxylic acids is 1. The molecule has 0 aliphatic heterocycles. The molecule has 4 heteroatoms. The average Bonchev–Trinajstić information content (AvgIpc) is 1.97. The van der Waals surface area contributed by atoms with Crippen LogP contribution in [-0.4, -0.2) is 17.2 Å². The van der Waals surface area contributed by atoms with Gasteiger partial charge >= 0.3 is 0 Å². The molecule has 0 radical (unpaired) electrons. The van der Waals surface area contributed by atoms with Gasteiger partial charge in [0, 0.05) is 18.7 Å². The first-order chi connectivity index (χ1) is 5.16. The predicted molar refractivity (Wildman–Crippen MR) is 48.0 cm³/mol. The Balaban J connectivity index is 3.23. The van der Waals surface area contributed by atoms with Crippen LogP contribution in [-0.2, 0) is 4.79 Å². The molecular formula is C7H13Cl2NO. The molecule has 0 heterocycles. The summed E-state index contributed by atoms with van der Waals surface area (Å²) in [5, 5.41) is 0. The molecule has 1 atom stereocenters. The van der Waals surface area contributed by atoms with Gasteiger partial charge in [-0.25, -0.2) is 0 Å². The molecule has 0 saturated heterocycles. The zero-order valence-corrected chi connectivity index (χ0v) is 7.87. The summed E-state index contributed by atoms with van der Waals surface area (Å²) in [4.78, 5) is 10.9. The number of Topliss-reactive ketones (excluding diaryl/α,β-unsaturated/α-hetero) is 1. The third kappa shape index (κ3) is 8.11. The smallest absolute Gasteiger partial charge is 0.133 e. The summed E-state index contributed by atoms with van der Waals surface area (Å²) in [6.07, 6.45) is 2.33. The van der Waals surface area contributed by atoms with Gasteiger partial charge in [-0.1, -0.05) is 0 Å². The van der Waals surface area contributed by atoms with E-state index in [2.05, 4.69) is 0 Å².